The second-order valence-corrected chi connectivity index (χ2v) is 5.03. The average Bonchev–Trinajstić information content (AvgIpc) is 2.73. The normalized spacial score (nSPS) is 15.0. The van der Waals surface area contributed by atoms with E-state index in [1.807, 2.05) is 13.0 Å². The summed E-state index contributed by atoms with van der Waals surface area (Å²) in [6, 6.07) is 8.31. The molecule has 1 unspecified atom stereocenters. The first-order valence-electron chi connectivity index (χ1n) is 6.07. The number of para-hydroxylation sites is 1. The Kier molecular flexibility index (Phi) is 3.50. The number of aryl methyl sites for hydroxylation is 1. The Hall–Kier alpha value is -1.32. The maximum absolute atomic E-state index is 9.09. The molecule has 0 amide bonds. The molecule has 1 aromatic heterocycles. The van der Waals surface area contributed by atoms with Gasteiger partial charge in [0.1, 0.15) is 0 Å². The van der Waals surface area contributed by atoms with E-state index in [-0.39, 0.29) is 6.61 Å². The molecule has 0 aliphatic carbocycles. The van der Waals surface area contributed by atoms with Crippen LogP contribution in [0.15, 0.2) is 30.5 Å². The summed E-state index contributed by atoms with van der Waals surface area (Å²) in [5.41, 5.74) is 7.97. The van der Waals surface area contributed by atoms with E-state index in [1.165, 1.54) is 16.5 Å². The minimum absolute atomic E-state index is 0.0425. The third-order valence-electron chi connectivity index (χ3n) is 3.23. The predicted octanol–water partition coefficient (Wildman–Crippen LogP) is 2.20. The van der Waals surface area contributed by atoms with Crippen molar-refractivity contribution < 1.29 is 5.11 Å². The summed E-state index contributed by atoms with van der Waals surface area (Å²) in [5.74, 6) is 0. The molecule has 0 bridgehead atoms. The maximum Gasteiger partial charge on any atom is 0.0608 e. The van der Waals surface area contributed by atoms with Crippen LogP contribution in [0.4, 0.5) is 0 Å². The Labute approximate surface area is 102 Å². The van der Waals surface area contributed by atoms with Gasteiger partial charge in [-0.05, 0) is 37.8 Å². The molecule has 1 atom stereocenters. The third kappa shape index (κ3) is 2.87. The number of fused-ring (bicyclic) bond motifs is 1. The van der Waals surface area contributed by atoms with Gasteiger partial charge < -0.3 is 15.8 Å². The van der Waals surface area contributed by atoms with E-state index in [0.29, 0.717) is 0 Å². The van der Waals surface area contributed by atoms with Crippen molar-refractivity contribution in [2.45, 2.75) is 31.7 Å². The van der Waals surface area contributed by atoms with E-state index in [0.717, 1.165) is 19.3 Å². The van der Waals surface area contributed by atoms with E-state index in [9.17, 15) is 0 Å². The summed E-state index contributed by atoms with van der Waals surface area (Å²) in [7, 11) is 0. The number of aliphatic hydroxyl groups excluding tert-OH is 1. The van der Waals surface area contributed by atoms with Gasteiger partial charge in [-0.25, -0.2) is 0 Å². The molecule has 2 aromatic rings. The van der Waals surface area contributed by atoms with Crippen molar-refractivity contribution >= 4 is 10.9 Å². The van der Waals surface area contributed by atoms with Crippen LogP contribution < -0.4 is 5.73 Å². The number of rotatable bonds is 5. The number of hydrogen-bond donors (Lipinski definition) is 3. The number of aromatic nitrogens is 1. The van der Waals surface area contributed by atoms with Gasteiger partial charge in [-0.1, -0.05) is 18.2 Å². The fraction of sp³-hybridized carbons (Fsp3) is 0.429. The van der Waals surface area contributed by atoms with Gasteiger partial charge in [0.2, 0.25) is 0 Å². The summed E-state index contributed by atoms with van der Waals surface area (Å²) < 4.78 is 0. The van der Waals surface area contributed by atoms with E-state index in [4.69, 9.17) is 10.8 Å². The Morgan fingerprint density at radius 1 is 1.35 bits per heavy atom. The molecule has 2 rings (SSSR count). The molecular formula is C14H20N2O. The number of hydrogen-bond acceptors (Lipinski definition) is 2. The van der Waals surface area contributed by atoms with E-state index in [2.05, 4.69) is 29.4 Å². The number of nitrogens with two attached hydrogens (primary N) is 1. The SMILES string of the molecule is CC(N)(CO)CCCc1c[nH]c2ccccc12. The van der Waals surface area contributed by atoms with Gasteiger partial charge in [-0.3, -0.25) is 0 Å². The van der Waals surface area contributed by atoms with Gasteiger partial charge in [0.05, 0.1) is 6.61 Å². The van der Waals surface area contributed by atoms with Crippen LogP contribution >= 0.6 is 0 Å². The smallest absolute Gasteiger partial charge is 0.0608 e. The summed E-state index contributed by atoms with van der Waals surface area (Å²) in [5, 5.41) is 10.4. The molecule has 0 aliphatic heterocycles. The molecule has 4 N–H and O–H groups in total. The van der Waals surface area contributed by atoms with Gasteiger partial charge in [0.25, 0.3) is 0 Å². The number of benzene rings is 1. The highest BCUT2D eigenvalue weighted by atomic mass is 16.3. The van der Waals surface area contributed by atoms with Crippen molar-refractivity contribution in [2.24, 2.45) is 5.73 Å². The van der Waals surface area contributed by atoms with E-state index in [1.54, 1.807) is 0 Å². The molecule has 1 heterocycles. The lowest BCUT2D eigenvalue weighted by Gasteiger charge is -2.21. The lowest BCUT2D eigenvalue weighted by molar-refractivity contribution is 0.198. The first kappa shape index (κ1) is 12.1. The van der Waals surface area contributed by atoms with Crippen LogP contribution in [0.3, 0.4) is 0 Å². The molecular weight excluding hydrogens is 212 g/mol. The minimum atomic E-state index is -0.452. The van der Waals surface area contributed by atoms with Gasteiger partial charge in [0, 0.05) is 22.6 Å². The number of aliphatic hydroxyl groups is 1. The Morgan fingerprint density at radius 3 is 2.88 bits per heavy atom. The Balaban J connectivity index is 2.00. The molecule has 17 heavy (non-hydrogen) atoms. The van der Waals surface area contributed by atoms with Crippen molar-refractivity contribution in [1.82, 2.24) is 4.98 Å². The summed E-state index contributed by atoms with van der Waals surface area (Å²) in [6.45, 7) is 1.93. The molecule has 1 aromatic carbocycles. The quantitative estimate of drug-likeness (QED) is 0.740. The van der Waals surface area contributed by atoms with Crippen LogP contribution in [-0.4, -0.2) is 22.2 Å². The van der Waals surface area contributed by atoms with Gasteiger partial charge >= 0.3 is 0 Å². The molecule has 0 aliphatic rings. The molecule has 3 nitrogen and oxygen atoms in total. The van der Waals surface area contributed by atoms with Crippen LogP contribution in [-0.2, 0) is 6.42 Å². The first-order valence-corrected chi connectivity index (χ1v) is 6.07. The molecule has 3 heteroatoms. The molecule has 0 radical (unpaired) electrons. The molecule has 0 saturated heterocycles. The second-order valence-electron chi connectivity index (χ2n) is 5.03. The fourth-order valence-corrected chi connectivity index (χ4v) is 2.10. The molecule has 92 valence electrons. The first-order chi connectivity index (χ1) is 8.12. The van der Waals surface area contributed by atoms with Gasteiger partial charge in [-0.15, -0.1) is 0 Å². The number of nitrogens with one attached hydrogen (secondary N) is 1. The number of H-pyrrole nitrogens is 1. The van der Waals surface area contributed by atoms with Crippen molar-refractivity contribution in [2.75, 3.05) is 6.61 Å². The van der Waals surface area contributed by atoms with Crippen LogP contribution in [0, 0.1) is 0 Å². The van der Waals surface area contributed by atoms with Gasteiger partial charge in [0.15, 0.2) is 0 Å². The highest BCUT2D eigenvalue weighted by Crippen LogP contribution is 2.20. The predicted molar refractivity (Wildman–Crippen MR) is 70.9 cm³/mol. The highest BCUT2D eigenvalue weighted by Gasteiger charge is 2.16. The van der Waals surface area contributed by atoms with Crippen LogP contribution in [0.1, 0.15) is 25.3 Å². The van der Waals surface area contributed by atoms with Crippen molar-refractivity contribution in [3.8, 4) is 0 Å². The second kappa shape index (κ2) is 4.90. The van der Waals surface area contributed by atoms with Gasteiger partial charge in [-0.2, -0.15) is 0 Å². The number of aromatic amines is 1. The zero-order valence-corrected chi connectivity index (χ0v) is 10.2. The Morgan fingerprint density at radius 2 is 2.12 bits per heavy atom. The lowest BCUT2D eigenvalue weighted by Crippen LogP contribution is -2.40. The van der Waals surface area contributed by atoms with Crippen LogP contribution in [0.5, 0.6) is 0 Å². The maximum atomic E-state index is 9.09. The monoisotopic (exact) mass is 232 g/mol. The standard InChI is InChI=1S/C14H20N2O/c1-14(15,10-17)8-4-5-11-9-16-13-7-3-2-6-12(11)13/h2-3,6-7,9,16-17H,4-5,8,10,15H2,1H3. The van der Waals surface area contributed by atoms with E-state index >= 15 is 0 Å². The topological polar surface area (TPSA) is 62.0 Å². The minimum Gasteiger partial charge on any atom is -0.394 e. The molecule has 0 spiro atoms. The van der Waals surface area contributed by atoms with Crippen LogP contribution in [0.25, 0.3) is 10.9 Å². The molecule has 0 saturated carbocycles. The zero-order valence-electron chi connectivity index (χ0n) is 10.2. The largest absolute Gasteiger partial charge is 0.394 e. The fourth-order valence-electron chi connectivity index (χ4n) is 2.10. The molecule has 0 fully saturated rings. The lowest BCUT2D eigenvalue weighted by atomic mass is 9.95. The van der Waals surface area contributed by atoms with Crippen molar-refractivity contribution in [3.05, 3.63) is 36.0 Å². The van der Waals surface area contributed by atoms with Crippen LogP contribution in [0.2, 0.25) is 0 Å². The van der Waals surface area contributed by atoms with E-state index < -0.39 is 5.54 Å². The summed E-state index contributed by atoms with van der Waals surface area (Å²) >= 11 is 0. The highest BCUT2D eigenvalue weighted by molar-refractivity contribution is 5.82. The summed E-state index contributed by atoms with van der Waals surface area (Å²) in [4.78, 5) is 3.27. The average molecular weight is 232 g/mol. The van der Waals surface area contributed by atoms with Crippen molar-refractivity contribution in [1.29, 1.82) is 0 Å². The third-order valence-corrected chi connectivity index (χ3v) is 3.23. The van der Waals surface area contributed by atoms with Crippen molar-refractivity contribution in [3.63, 3.8) is 0 Å². The summed E-state index contributed by atoms with van der Waals surface area (Å²) in [6.07, 6.45) is 4.90. The Bertz CT molecular complexity index is 488. The zero-order chi connectivity index (χ0) is 12.3.